The number of fused-ring (bicyclic) bond motifs is 1. The molecule has 0 aromatic heterocycles. The number of carbonyl (C=O) groups excluding carboxylic acids is 1. The summed E-state index contributed by atoms with van der Waals surface area (Å²) in [4.78, 5) is 14.4. The van der Waals surface area contributed by atoms with E-state index in [0.717, 1.165) is 17.0 Å². The minimum atomic E-state index is -0.338. The van der Waals surface area contributed by atoms with Gasteiger partial charge in [0, 0.05) is 17.3 Å². The zero-order chi connectivity index (χ0) is 16.5. The van der Waals surface area contributed by atoms with Gasteiger partial charge in [0.05, 0.1) is 12.6 Å². The number of methoxy groups -OCH3 is 1. The number of nitrogens with one attached hydrogen (secondary N) is 1. The maximum absolute atomic E-state index is 12.2. The third kappa shape index (κ3) is 2.68. The Balaban J connectivity index is 2.64. The lowest BCUT2D eigenvalue weighted by Gasteiger charge is -2.47. The van der Waals surface area contributed by atoms with Gasteiger partial charge in [0.2, 0.25) is 0 Å². The van der Waals surface area contributed by atoms with Crippen LogP contribution in [-0.4, -0.2) is 24.6 Å². The van der Waals surface area contributed by atoms with Crippen molar-refractivity contribution in [3.8, 4) is 5.75 Å². The highest BCUT2D eigenvalue weighted by Crippen LogP contribution is 2.42. The third-order valence-electron chi connectivity index (χ3n) is 4.22. The van der Waals surface area contributed by atoms with E-state index in [4.69, 9.17) is 10.6 Å². The van der Waals surface area contributed by atoms with E-state index in [1.165, 1.54) is 5.57 Å². The first-order valence-electron chi connectivity index (χ1n) is 7.53. The van der Waals surface area contributed by atoms with E-state index in [0.29, 0.717) is 6.42 Å². The maximum atomic E-state index is 12.2. The van der Waals surface area contributed by atoms with Gasteiger partial charge in [-0.3, -0.25) is 10.2 Å². The number of anilines is 1. The molecule has 5 nitrogen and oxygen atoms in total. The minimum absolute atomic E-state index is 0.183. The number of hydrazine groups is 1. The normalized spacial score (nSPS) is 17.4. The van der Waals surface area contributed by atoms with Crippen LogP contribution < -0.4 is 20.9 Å². The number of allylic oxidation sites excluding steroid dienone is 1. The summed E-state index contributed by atoms with van der Waals surface area (Å²) in [6.45, 7) is 8.28. The first-order valence-corrected chi connectivity index (χ1v) is 7.53. The molecule has 1 atom stereocenters. The van der Waals surface area contributed by atoms with Crippen molar-refractivity contribution in [1.82, 2.24) is 5.43 Å². The van der Waals surface area contributed by atoms with Gasteiger partial charge >= 0.3 is 0 Å². The molecule has 0 saturated carbocycles. The van der Waals surface area contributed by atoms with Crippen molar-refractivity contribution in [3.05, 3.63) is 29.8 Å². The number of carbonyl (C=O) groups is 1. The third-order valence-corrected chi connectivity index (χ3v) is 4.22. The van der Waals surface area contributed by atoms with Gasteiger partial charge in [-0.25, -0.2) is 5.84 Å². The fourth-order valence-electron chi connectivity index (χ4n) is 3.31. The average molecular weight is 303 g/mol. The molecular weight excluding hydrogens is 278 g/mol. The molecule has 2 rings (SSSR count). The molecule has 0 saturated heterocycles. The molecule has 3 N–H and O–H groups in total. The highest BCUT2D eigenvalue weighted by Gasteiger charge is 2.38. The molecule has 0 spiro atoms. The average Bonchev–Trinajstić information content (AvgIpc) is 2.49. The van der Waals surface area contributed by atoms with Gasteiger partial charge in [0.25, 0.3) is 5.91 Å². The largest absolute Gasteiger partial charge is 0.497 e. The Bertz CT molecular complexity index is 608. The Kier molecular flexibility index (Phi) is 4.47. The van der Waals surface area contributed by atoms with Crippen molar-refractivity contribution < 1.29 is 9.53 Å². The summed E-state index contributed by atoms with van der Waals surface area (Å²) >= 11 is 0. The smallest absolute Gasteiger partial charge is 0.256 e. The molecule has 22 heavy (non-hydrogen) atoms. The number of ether oxygens (including phenoxy) is 1. The number of benzene rings is 1. The van der Waals surface area contributed by atoms with Crippen molar-refractivity contribution in [2.45, 2.75) is 45.7 Å². The van der Waals surface area contributed by atoms with E-state index in [9.17, 15) is 4.79 Å². The Morgan fingerprint density at radius 2 is 2.14 bits per heavy atom. The van der Waals surface area contributed by atoms with Gasteiger partial charge in [-0.05, 0) is 44.9 Å². The standard InChI is InChI=1S/C17H25N3O2/c1-6-14(16(21)19-18)20-15-9-12(22-5)7-8-13(15)11(2)10-17(20,3)4/h7-10,14H,6,18H2,1-5H3,(H,19,21)/t14-/m0/s1. The molecule has 1 aliphatic heterocycles. The fraction of sp³-hybridized carbons (Fsp3) is 0.471. The van der Waals surface area contributed by atoms with E-state index in [1.807, 2.05) is 25.1 Å². The monoisotopic (exact) mass is 303 g/mol. The highest BCUT2D eigenvalue weighted by molar-refractivity contribution is 5.90. The van der Waals surface area contributed by atoms with Crippen LogP contribution in [0.5, 0.6) is 5.75 Å². The van der Waals surface area contributed by atoms with Crippen LogP contribution >= 0.6 is 0 Å². The summed E-state index contributed by atoms with van der Waals surface area (Å²) in [7, 11) is 1.65. The predicted octanol–water partition coefficient (Wildman–Crippen LogP) is 2.47. The zero-order valence-corrected chi connectivity index (χ0v) is 13.9. The lowest BCUT2D eigenvalue weighted by molar-refractivity contribution is -0.122. The van der Waals surface area contributed by atoms with Crippen LogP contribution in [0.25, 0.3) is 5.57 Å². The van der Waals surface area contributed by atoms with Crippen LogP contribution in [0.3, 0.4) is 0 Å². The molecule has 1 amide bonds. The molecule has 0 aliphatic carbocycles. The number of amides is 1. The van der Waals surface area contributed by atoms with Crippen molar-refractivity contribution >= 4 is 17.2 Å². The molecule has 1 aliphatic rings. The van der Waals surface area contributed by atoms with Crippen molar-refractivity contribution in [2.24, 2.45) is 5.84 Å². The topological polar surface area (TPSA) is 67.6 Å². The Morgan fingerprint density at radius 1 is 1.45 bits per heavy atom. The van der Waals surface area contributed by atoms with E-state index in [1.54, 1.807) is 7.11 Å². The summed E-state index contributed by atoms with van der Waals surface area (Å²) in [6, 6.07) is 5.63. The Morgan fingerprint density at radius 3 is 2.68 bits per heavy atom. The second-order valence-electron chi connectivity index (χ2n) is 6.17. The van der Waals surface area contributed by atoms with Crippen LogP contribution in [-0.2, 0) is 4.79 Å². The van der Waals surface area contributed by atoms with Crippen molar-refractivity contribution in [1.29, 1.82) is 0 Å². The molecule has 0 bridgehead atoms. The fourth-order valence-corrected chi connectivity index (χ4v) is 3.31. The quantitative estimate of drug-likeness (QED) is 0.509. The zero-order valence-electron chi connectivity index (χ0n) is 13.9. The van der Waals surface area contributed by atoms with Gasteiger partial charge in [0.1, 0.15) is 11.8 Å². The van der Waals surface area contributed by atoms with Gasteiger partial charge in [0.15, 0.2) is 0 Å². The van der Waals surface area contributed by atoms with Crippen LogP contribution in [0.15, 0.2) is 24.3 Å². The summed E-state index contributed by atoms with van der Waals surface area (Å²) in [6.07, 6.45) is 2.85. The molecule has 1 aromatic rings. The predicted molar refractivity (Wildman–Crippen MR) is 89.6 cm³/mol. The molecule has 5 heteroatoms. The molecule has 120 valence electrons. The lowest BCUT2D eigenvalue weighted by Crippen LogP contribution is -2.57. The second kappa shape index (κ2) is 6.01. The first-order chi connectivity index (χ1) is 10.4. The van der Waals surface area contributed by atoms with Gasteiger partial charge in [-0.1, -0.05) is 13.0 Å². The van der Waals surface area contributed by atoms with Gasteiger partial charge < -0.3 is 9.64 Å². The summed E-state index contributed by atoms with van der Waals surface area (Å²) in [5.74, 6) is 5.97. The highest BCUT2D eigenvalue weighted by atomic mass is 16.5. The molecule has 0 unspecified atom stereocenters. The van der Waals surface area contributed by atoms with Crippen LogP contribution in [0.2, 0.25) is 0 Å². The molecule has 1 aromatic carbocycles. The number of hydrogen-bond donors (Lipinski definition) is 2. The van der Waals surface area contributed by atoms with E-state index in [-0.39, 0.29) is 17.5 Å². The molecule has 1 heterocycles. The first kappa shape index (κ1) is 16.4. The minimum Gasteiger partial charge on any atom is -0.497 e. The van der Waals surface area contributed by atoms with Crippen molar-refractivity contribution in [2.75, 3.05) is 12.0 Å². The maximum Gasteiger partial charge on any atom is 0.256 e. The van der Waals surface area contributed by atoms with Crippen LogP contribution in [0.4, 0.5) is 5.69 Å². The van der Waals surface area contributed by atoms with Gasteiger partial charge in [-0.2, -0.15) is 0 Å². The Labute approximate surface area is 132 Å². The van der Waals surface area contributed by atoms with Crippen LogP contribution in [0.1, 0.15) is 39.7 Å². The second-order valence-corrected chi connectivity index (χ2v) is 6.17. The van der Waals surface area contributed by atoms with Crippen molar-refractivity contribution in [3.63, 3.8) is 0 Å². The summed E-state index contributed by atoms with van der Waals surface area (Å²) in [5.41, 5.74) is 5.30. The van der Waals surface area contributed by atoms with Gasteiger partial charge in [-0.15, -0.1) is 0 Å². The number of hydrogen-bond acceptors (Lipinski definition) is 4. The molecule has 0 radical (unpaired) electrons. The van der Waals surface area contributed by atoms with E-state index < -0.39 is 0 Å². The lowest BCUT2D eigenvalue weighted by atomic mass is 9.86. The van der Waals surface area contributed by atoms with Crippen LogP contribution in [0, 0.1) is 0 Å². The number of rotatable bonds is 4. The van der Waals surface area contributed by atoms with E-state index in [2.05, 4.69) is 37.2 Å². The number of nitrogens with two attached hydrogens (primary N) is 1. The van der Waals surface area contributed by atoms with E-state index >= 15 is 0 Å². The summed E-state index contributed by atoms with van der Waals surface area (Å²) < 4.78 is 5.36. The Hall–Kier alpha value is -2.01. The molecule has 0 fully saturated rings. The summed E-state index contributed by atoms with van der Waals surface area (Å²) in [5, 5.41) is 0. The SMILES string of the molecule is CC[C@@H](C(=O)NN)N1c2cc(OC)ccc2C(C)=CC1(C)C. The number of nitrogens with zero attached hydrogens (tertiary/aromatic N) is 1. The molecular formula is C17H25N3O2.